The summed E-state index contributed by atoms with van der Waals surface area (Å²) in [5.41, 5.74) is 3.86. The molecule has 0 unspecified atom stereocenters. The van der Waals surface area contributed by atoms with Crippen LogP contribution in [0.4, 0.5) is 0 Å². The molecule has 0 atom stereocenters. The van der Waals surface area contributed by atoms with Gasteiger partial charge in [0.2, 0.25) is 0 Å². The summed E-state index contributed by atoms with van der Waals surface area (Å²) >= 11 is 0. The quantitative estimate of drug-likeness (QED) is 0.567. The first-order chi connectivity index (χ1) is 7.44. The normalized spacial score (nSPS) is 20.1. The van der Waals surface area contributed by atoms with Gasteiger partial charge in [-0.05, 0) is 67.2 Å². The fourth-order valence-corrected chi connectivity index (χ4v) is 11.9. The Labute approximate surface area is 104 Å². The zero-order valence-corrected chi connectivity index (χ0v) is 13.2. The van der Waals surface area contributed by atoms with Crippen LogP contribution in [0.15, 0.2) is 0 Å². The van der Waals surface area contributed by atoms with Crippen LogP contribution in [0.2, 0.25) is 0 Å². The third-order valence-corrected chi connectivity index (χ3v) is 12.0. The summed E-state index contributed by atoms with van der Waals surface area (Å²) in [6, 6.07) is 0. The average molecular weight is 243 g/mol. The molecule has 0 spiro atoms. The van der Waals surface area contributed by atoms with Crippen LogP contribution >= 0.6 is 7.26 Å². The van der Waals surface area contributed by atoms with Crippen molar-refractivity contribution in [3.8, 4) is 0 Å². The van der Waals surface area contributed by atoms with Gasteiger partial charge in [0.1, 0.15) is 0 Å². The van der Waals surface area contributed by atoms with Crippen molar-refractivity contribution >= 4 is 7.26 Å². The molecule has 0 aromatic carbocycles. The molecule has 0 amide bonds. The summed E-state index contributed by atoms with van der Waals surface area (Å²) in [5, 5.41) is 0. The number of hydrogen-bond donors (Lipinski definition) is 0. The smallest absolute Gasteiger partial charge is 0.0530 e. The van der Waals surface area contributed by atoms with Crippen LogP contribution in [0.5, 0.6) is 0 Å². The maximum Gasteiger partial charge on any atom is 0.0705 e. The lowest BCUT2D eigenvalue weighted by molar-refractivity contribution is 0.500. The summed E-state index contributed by atoms with van der Waals surface area (Å²) < 4.78 is 0. The topological polar surface area (TPSA) is 0 Å². The van der Waals surface area contributed by atoms with Crippen LogP contribution in [0, 0.1) is 0 Å². The second-order valence-electron chi connectivity index (χ2n) is 6.47. The van der Waals surface area contributed by atoms with Crippen LogP contribution in [0.25, 0.3) is 0 Å². The summed E-state index contributed by atoms with van der Waals surface area (Å²) in [7, 11) is -0.787. The van der Waals surface area contributed by atoms with Crippen molar-refractivity contribution in [2.24, 2.45) is 0 Å². The molecule has 1 fully saturated rings. The molecule has 1 rings (SSSR count). The minimum atomic E-state index is -0.787. The molecule has 96 valence electrons. The molecule has 0 bridgehead atoms. The first kappa shape index (κ1) is 14.5. The highest BCUT2D eigenvalue weighted by Crippen LogP contribution is 2.75. The highest BCUT2D eigenvalue weighted by Gasteiger charge is 2.53. The predicted octanol–water partition coefficient (Wildman–Crippen LogP) is 5.56. The van der Waals surface area contributed by atoms with Gasteiger partial charge in [-0.15, -0.1) is 0 Å². The molecule has 1 saturated carbocycles. The Hall–Kier alpha value is 0.430. The van der Waals surface area contributed by atoms with Gasteiger partial charge in [0, 0.05) is 7.26 Å². The fourth-order valence-electron chi connectivity index (χ4n) is 4.58. The highest BCUT2D eigenvalue weighted by molar-refractivity contribution is 7.78. The Bertz CT molecular complexity index is 178. The van der Waals surface area contributed by atoms with E-state index >= 15 is 0 Å². The second-order valence-corrected chi connectivity index (χ2v) is 12.1. The molecule has 0 aromatic rings. The zero-order valence-electron chi connectivity index (χ0n) is 12.3. The maximum atomic E-state index is 2.50. The lowest BCUT2D eigenvalue weighted by Gasteiger charge is -2.45. The van der Waals surface area contributed by atoms with E-state index < -0.39 is 7.26 Å². The molecule has 0 aromatic heterocycles. The third-order valence-electron chi connectivity index (χ3n) is 4.89. The van der Waals surface area contributed by atoms with Crippen LogP contribution in [0.3, 0.4) is 0 Å². The first-order valence-electron chi connectivity index (χ1n) is 7.31. The van der Waals surface area contributed by atoms with E-state index in [0.717, 1.165) is 22.6 Å². The number of hydrogen-bond acceptors (Lipinski definition) is 0. The molecule has 0 saturated heterocycles. The van der Waals surface area contributed by atoms with Gasteiger partial charge in [-0.2, -0.15) is 0 Å². The Balaban J connectivity index is 2.99. The van der Waals surface area contributed by atoms with E-state index in [1.807, 2.05) is 0 Å². The standard InChI is InChI=1S/C15H32P/c1-12(2)16(13(3)4,14(5)6)15-10-8-7-9-11-15/h12-15H,7-11H2,1-6H3/q+1. The van der Waals surface area contributed by atoms with Gasteiger partial charge in [0.15, 0.2) is 0 Å². The molecule has 0 N–H and O–H groups in total. The van der Waals surface area contributed by atoms with E-state index in [0.29, 0.717) is 0 Å². The van der Waals surface area contributed by atoms with Crippen molar-refractivity contribution in [1.29, 1.82) is 0 Å². The lowest BCUT2D eigenvalue weighted by Crippen LogP contribution is -2.34. The third kappa shape index (κ3) is 2.47. The molecule has 1 heteroatoms. The molecule has 0 heterocycles. The summed E-state index contributed by atoms with van der Waals surface area (Å²) in [4.78, 5) is 0. The van der Waals surface area contributed by atoms with Gasteiger partial charge in [-0.1, -0.05) is 6.42 Å². The Kier molecular flexibility index (Phi) is 5.30. The van der Waals surface area contributed by atoms with Crippen molar-refractivity contribution in [2.45, 2.75) is 96.3 Å². The molecule has 1 aliphatic rings. The first-order valence-corrected chi connectivity index (χ1v) is 9.38. The lowest BCUT2D eigenvalue weighted by atomic mass is 10.0. The molecule has 16 heavy (non-hydrogen) atoms. The van der Waals surface area contributed by atoms with Gasteiger partial charge in [-0.3, -0.25) is 0 Å². The van der Waals surface area contributed by atoms with Gasteiger partial charge in [-0.25, -0.2) is 0 Å². The van der Waals surface area contributed by atoms with Gasteiger partial charge >= 0.3 is 0 Å². The Morgan fingerprint density at radius 3 is 1.38 bits per heavy atom. The Morgan fingerprint density at radius 2 is 1.06 bits per heavy atom. The maximum absolute atomic E-state index is 2.50. The molecular formula is C15H32P+. The van der Waals surface area contributed by atoms with Crippen molar-refractivity contribution in [2.75, 3.05) is 0 Å². The van der Waals surface area contributed by atoms with Crippen molar-refractivity contribution in [1.82, 2.24) is 0 Å². The van der Waals surface area contributed by atoms with E-state index in [9.17, 15) is 0 Å². The fraction of sp³-hybridized carbons (Fsp3) is 1.00. The van der Waals surface area contributed by atoms with Crippen LogP contribution < -0.4 is 0 Å². The summed E-state index contributed by atoms with van der Waals surface area (Å²) in [5.74, 6) is 0. The molecule has 1 aliphatic carbocycles. The second kappa shape index (κ2) is 5.85. The van der Waals surface area contributed by atoms with Gasteiger partial charge < -0.3 is 0 Å². The molecular weight excluding hydrogens is 211 g/mol. The highest BCUT2D eigenvalue weighted by atomic mass is 31.2. The van der Waals surface area contributed by atoms with Crippen molar-refractivity contribution in [3.05, 3.63) is 0 Å². The molecule has 0 nitrogen and oxygen atoms in total. The van der Waals surface area contributed by atoms with E-state index in [-0.39, 0.29) is 0 Å². The van der Waals surface area contributed by atoms with Gasteiger partial charge in [0.25, 0.3) is 0 Å². The monoisotopic (exact) mass is 243 g/mol. The minimum Gasteiger partial charge on any atom is -0.0530 e. The predicted molar refractivity (Wildman–Crippen MR) is 79.2 cm³/mol. The largest absolute Gasteiger partial charge is 0.0705 e. The van der Waals surface area contributed by atoms with Crippen LogP contribution in [0.1, 0.15) is 73.6 Å². The zero-order chi connectivity index (χ0) is 12.3. The molecule has 0 aliphatic heterocycles. The molecule has 0 radical (unpaired) electrons. The Morgan fingerprint density at radius 1 is 0.688 bits per heavy atom. The average Bonchev–Trinajstić information content (AvgIpc) is 2.18. The SMILES string of the molecule is CC(C)[P+](C(C)C)(C(C)C)C1CCCCC1. The van der Waals surface area contributed by atoms with Crippen LogP contribution in [-0.4, -0.2) is 22.6 Å². The summed E-state index contributed by atoms with van der Waals surface area (Å²) in [6.45, 7) is 15.0. The van der Waals surface area contributed by atoms with Crippen LogP contribution in [-0.2, 0) is 0 Å². The van der Waals surface area contributed by atoms with E-state index in [1.165, 1.54) is 32.1 Å². The van der Waals surface area contributed by atoms with E-state index in [4.69, 9.17) is 0 Å². The van der Waals surface area contributed by atoms with Crippen molar-refractivity contribution < 1.29 is 0 Å². The van der Waals surface area contributed by atoms with E-state index in [2.05, 4.69) is 41.5 Å². The van der Waals surface area contributed by atoms with Crippen molar-refractivity contribution in [3.63, 3.8) is 0 Å². The van der Waals surface area contributed by atoms with Gasteiger partial charge in [0.05, 0.1) is 22.6 Å². The minimum absolute atomic E-state index is 0.787. The summed E-state index contributed by atoms with van der Waals surface area (Å²) in [6.07, 6.45) is 7.55. The van der Waals surface area contributed by atoms with E-state index in [1.54, 1.807) is 0 Å². The number of rotatable bonds is 4.